The molecule has 96 valence electrons. The van der Waals surface area contributed by atoms with Crippen molar-refractivity contribution >= 4 is 21.9 Å². The molecule has 0 aromatic rings. The fourth-order valence-corrected chi connectivity index (χ4v) is 4.35. The lowest BCUT2D eigenvalue weighted by Crippen LogP contribution is -2.51. The lowest BCUT2D eigenvalue weighted by atomic mass is 9.55. The number of hydrogen-bond donors (Lipinski definition) is 0. The number of esters is 1. The van der Waals surface area contributed by atoms with Crippen molar-refractivity contribution in [2.75, 3.05) is 0 Å². The maximum atomic E-state index is 12.8. The van der Waals surface area contributed by atoms with Crippen molar-refractivity contribution in [3.05, 3.63) is 0 Å². The van der Waals surface area contributed by atoms with Gasteiger partial charge in [0.05, 0.1) is 0 Å². The van der Waals surface area contributed by atoms with Crippen molar-refractivity contribution in [1.82, 2.24) is 0 Å². The predicted octanol–water partition coefficient (Wildman–Crippen LogP) is 3.34. The monoisotopic (exact) mass is 308 g/mol. The molecule has 0 aromatic heterocycles. The Hall–Kier alpha value is -0.190. The Bertz CT molecular complexity index is 312. The van der Waals surface area contributed by atoms with Crippen molar-refractivity contribution in [2.24, 2.45) is 23.7 Å². The lowest BCUT2D eigenvalue weighted by Gasteiger charge is -2.53. The molecule has 0 aromatic carbocycles. The molecule has 4 fully saturated rings. The first-order chi connectivity index (χ1) is 7.93. The second-order valence-electron chi connectivity index (χ2n) is 5.80. The van der Waals surface area contributed by atoms with Crippen LogP contribution in [0.5, 0.6) is 0 Å². The predicted molar refractivity (Wildman–Crippen MR) is 60.8 cm³/mol. The van der Waals surface area contributed by atoms with E-state index >= 15 is 0 Å². The number of carbonyl (C=O) groups excluding carboxylic acids is 1. The summed E-state index contributed by atoms with van der Waals surface area (Å²) in [5.41, 5.74) is 0. The molecule has 0 aliphatic heterocycles. The number of ether oxygens (including phenoxy) is 1. The van der Waals surface area contributed by atoms with E-state index in [9.17, 15) is 13.6 Å². The first-order valence-electron chi connectivity index (χ1n) is 6.21. The van der Waals surface area contributed by atoms with Crippen LogP contribution in [0, 0.1) is 23.7 Å². The van der Waals surface area contributed by atoms with Crippen LogP contribution in [0.4, 0.5) is 8.78 Å². The molecule has 4 aliphatic rings. The van der Waals surface area contributed by atoms with Crippen LogP contribution in [0.1, 0.15) is 32.1 Å². The van der Waals surface area contributed by atoms with E-state index in [-0.39, 0.29) is 6.10 Å². The fourth-order valence-electron chi connectivity index (χ4n) is 4.26. The van der Waals surface area contributed by atoms with E-state index in [0.29, 0.717) is 11.8 Å². The molecule has 5 heteroatoms. The minimum Gasteiger partial charge on any atom is -0.457 e. The highest BCUT2D eigenvalue weighted by Gasteiger charge is 2.51. The number of hydrogen-bond acceptors (Lipinski definition) is 2. The first-order valence-corrected chi connectivity index (χ1v) is 7.00. The van der Waals surface area contributed by atoms with E-state index in [1.807, 2.05) is 0 Å². The van der Waals surface area contributed by atoms with Gasteiger partial charge in [-0.15, -0.1) is 0 Å². The Labute approximate surface area is 107 Å². The van der Waals surface area contributed by atoms with Gasteiger partial charge in [0.15, 0.2) is 0 Å². The molecule has 0 amide bonds. The lowest BCUT2D eigenvalue weighted by molar-refractivity contribution is -0.184. The van der Waals surface area contributed by atoms with Crippen LogP contribution >= 0.6 is 15.9 Å². The highest BCUT2D eigenvalue weighted by molar-refractivity contribution is 9.10. The molecule has 4 aliphatic carbocycles. The van der Waals surface area contributed by atoms with Gasteiger partial charge in [-0.05, 0) is 55.8 Å². The van der Waals surface area contributed by atoms with Crippen LogP contribution in [0.2, 0.25) is 0 Å². The standard InChI is InChI=1S/C12H15BrF2O2/c13-12(14,15)11(16)17-10-8-2-6-1-7(4-8)5-9(10)3-6/h6-10H,1-5H2. The highest BCUT2D eigenvalue weighted by atomic mass is 79.9. The second-order valence-corrected chi connectivity index (χ2v) is 6.79. The average molecular weight is 309 g/mol. The zero-order valence-corrected chi connectivity index (χ0v) is 11.0. The Morgan fingerprint density at radius 1 is 1.06 bits per heavy atom. The first kappa shape index (κ1) is 11.9. The summed E-state index contributed by atoms with van der Waals surface area (Å²) < 4.78 is 30.6. The molecule has 0 radical (unpaired) electrons. The fraction of sp³-hybridized carbons (Fsp3) is 0.917. The van der Waals surface area contributed by atoms with Crippen LogP contribution in [-0.2, 0) is 9.53 Å². The van der Waals surface area contributed by atoms with Crippen LogP contribution < -0.4 is 0 Å². The maximum Gasteiger partial charge on any atom is 0.396 e. The molecule has 4 bridgehead atoms. The Morgan fingerprint density at radius 2 is 1.53 bits per heavy atom. The molecule has 2 nitrogen and oxygen atoms in total. The molecule has 0 saturated heterocycles. The summed E-state index contributed by atoms with van der Waals surface area (Å²) in [6.45, 7) is 0. The molecule has 0 atom stereocenters. The number of alkyl halides is 3. The number of carbonyl (C=O) groups is 1. The van der Waals surface area contributed by atoms with E-state index in [4.69, 9.17) is 4.74 Å². The van der Waals surface area contributed by atoms with Gasteiger partial charge >= 0.3 is 10.8 Å². The van der Waals surface area contributed by atoms with E-state index in [1.54, 1.807) is 0 Å². The van der Waals surface area contributed by atoms with Gasteiger partial charge in [-0.3, -0.25) is 0 Å². The van der Waals surface area contributed by atoms with Gasteiger partial charge in [0.2, 0.25) is 0 Å². The summed E-state index contributed by atoms with van der Waals surface area (Å²) in [6, 6.07) is 0. The van der Waals surface area contributed by atoms with Crippen molar-refractivity contribution < 1.29 is 18.3 Å². The number of halogens is 3. The Balaban J connectivity index is 1.70. The molecule has 0 N–H and O–H groups in total. The van der Waals surface area contributed by atoms with Crippen molar-refractivity contribution in [3.8, 4) is 0 Å². The quantitative estimate of drug-likeness (QED) is 0.578. The molecular weight excluding hydrogens is 294 g/mol. The van der Waals surface area contributed by atoms with Crippen LogP contribution in [0.3, 0.4) is 0 Å². The zero-order chi connectivity index (χ0) is 12.2. The summed E-state index contributed by atoms with van der Waals surface area (Å²) in [7, 11) is 0. The third-order valence-electron chi connectivity index (χ3n) is 4.61. The van der Waals surface area contributed by atoms with Crippen LogP contribution in [0.15, 0.2) is 0 Å². The van der Waals surface area contributed by atoms with Crippen LogP contribution in [0.25, 0.3) is 0 Å². The summed E-state index contributed by atoms with van der Waals surface area (Å²) in [5, 5.41) is 0. The third kappa shape index (κ3) is 2.11. The van der Waals surface area contributed by atoms with Gasteiger partial charge in [0, 0.05) is 15.9 Å². The summed E-state index contributed by atoms with van der Waals surface area (Å²) in [4.78, 5) is 7.70. The SMILES string of the molecule is O=C(OC1C2CC3CC(C2)CC1C3)C(F)(F)Br. The summed E-state index contributed by atoms with van der Waals surface area (Å²) in [6.07, 6.45) is 5.25. The summed E-state index contributed by atoms with van der Waals surface area (Å²) >= 11 is 2.06. The van der Waals surface area contributed by atoms with E-state index in [2.05, 4.69) is 15.9 Å². The van der Waals surface area contributed by atoms with Gasteiger partial charge in [-0.2, -0.15) is 8.78 Å². The molecule has 4 saturated carbocycles. The van der Waals surface area contributed by atoms with Gasteiger partial charge in [0.25, 0.3) is 0 Å². The Morgan fingerprint density at radius 3 is 1.94 bits per heavy atom. The molecule has 0 spiro atoms. The maximum absolute atomic E-state index is 12.8. The van der Waals surface area contributed by atoms with E-state index in [1.165, 1.54) is 6.42 Å². The van der Waals surface area contributed by atoms with E-state index in [0.717, 1.165) is 37.5 Å². The molecular formula is C12H15BrF2O2. The van der Waals surface area contributed by atoms with Crippen molar-refractivity contribution in [1.29, 1.82) is 0 Å². The zero-order valence-electron chi connectivity index (χ0n) is 9.37. The molecule has 0 heterocycles. The summed E-state index contributed by atoms with van der Waals surface area (Å²) in [5.74, 6) is 0.721. The topological polar surface area (TPSA) is 26.3 Å². The van der Waals surface area contributed by atoms with Crippen LogP contribution in [-0.4, -0.2) is 16.9 Å². The normalized spacial score (nSPS) is 43.8. The van der Waals surface area contributed by atoms with Gasteiger partial charge < -0.3 is 4.74 Å². The largest absolute Gasteiger partial charge is 0.457 e. The number of rotatable bonds is 2. The third-order valence-corrected chi connectivity index (χ3v) is 4.94. The average Bonchev–Trinajstić information content (AvgIpc) is 2.20. The van der Waals surface area contributed by atoms with Gasteiger partial charge in [-0.1, -0.05) is 0 Å². The molecule has 4 rings (SSSR count). The van der Waals surface area contributed by atoms with Crippen molar-refractivity contribution in [2.45, 2.75) is 43.0 Å². The van der Waals surface area contributed by atoms with Crippen molar-refractivity contribution in [3.63, 3.8) is 0 Å². The minimum atomic E-state index is -3.54. The smallest absolute Gasteiger partial charge is 0.396 e. The molecule has 17 heavy (non-hydrogen) atoms. The van der Waals surface area contributed by atoms with Gasteiger partial charge in [-0.25, -0.2) is 4.79 Å². The highest BCUT2D eigenvalue weighted by Crippen LogP contribution is 2.54. The minimum absolute atomic E-state index is 0.265. The second kappa shape index (κ2) is 3.90. The molecule has 0 unspecified atom stereocenters. The van der Waals surface area contributed by atoms with Gasteiger partial charge in [0.1, 0.15) is 6.10 Å². The van der Waals surface area contributed by atoms with E-state index < -0.39 is 10.8 Å². The Kier molecular flexibility index (Phi) is 2.73.